The van der Waals surface area contributed by atoms with Crippen LogP contribution in [0.4, 0.5) is 5.69 Å². The van der Waals surface area contributed by atoms with Crippen molar-refractivity contribution in [3.63, 3.8) is 0 Å². The van der Waals surface area contributed by atoms with Gasteiger partial charge in [-0.15, -0.1) is 0 Å². The molecule has 2 N–H and O–H groups in total. The summed E-state index contributed by atoms with van der Waals surface area (Å²) in [7, 11) is 1.68. The van der Waals surface area contributed by atoms with Crippen molar-refractivity contribution in [2.24, 2.45) is 0 Å². The number of hydrogen-bond donors (Lipinski definition) is 2. The Hall–Kier alpha value is -1.84. The zero-order valence-corrected chi connectivity index (χ0v) is 12.0. The Balaban J connectivity index is 2.24. The first kappa shape index (κ1) is 14.6. The molecule has 0 aromatic heterocycles. The zero-order valence-electron chi connectivity index (χ0n) is 12.0. The fourth-order valence-corrected chi connectivity index (χ4v) is 2.32. The van der Waals surface area contributed by atoms with Gasteiger partial charge in [-0.25, -0.2) is 0 Å². The molecule has 106 valence electrons. The molecule has 2 rings (SSSR count). The SMILES string of the molecule is COCc1ccccc1C(CO)Nc1cccc(C)c1. The molecule has 0 saturated heterocycles. The molecule has 20 heavy (non-hydrogen) atoms. The minimum absolute atomic E-state index is 0.0364. The Labute approximate surface area is 120 Å². The van der Waals surface area contributed by atoms with Crippen molar-refractivity contribution in [1.82, 2.24) is 0 Å². The lowest BCUT2D eigenvalue weighted by Crippen LogP contribution is -2.17. The lowest BCUT2D eigenvalue weighted by atomic mass is 10.0. The van der Waals surface area contributed by atoms with Gasteiger partial charge in [0.25, 0.3) is 0 Å². The molecule has 1 unspecified atom stereocenters. The molecule has 0 fully saturated rings. The Bertz CT molecular complexity index is 554. The lowest BCUT2D eigenvalue weighted by Gasteiger charge is -2.21. The van der Waals surface area contributed by atoms with Crippen LogP contribution < -0.4 is 5.32 Å². The zero-order chi connectivity index (χ0) is 14.4. The fourth-order valence-electron chi connectivity index (χ4n) is 2.32. The predicted octanol–water partition coefficient (Wildman–Crippen LogP) is 3.29. The van der Waals surface area contributed by atoms with E-state index in [1.54, 1.807) is 7.11 Å². The first-order valence-corrected chi connectivity index (χ1v) is 6.75. The first-order chi connectivity index (χ1) is 9.74. The molecule has 2 aromatic carbocycles. The van der Waals surface area contributed by atoms with Crippen molar-refractivity contribution in [2.45, 2.75) is 19.6 Å². The van der Waals surface area contributed by atoms with E-state index in [0.29, 0.717) is 6.61 Å². The maximum atomic E-state index is 9.70. The highest BCUT2D eigenvalue weighted by Gasteiger charge is 2.14. The summed E-state index contributed by atoms with van der Waals surface area (Å²) in [5.41, 5.74) is 4.36. The van der Waals surface area contributed by atoms with Crippen LogP contribution in [0.1, 0.15) is 22.7 Å². The van der Waals surface area contributed by atoms with E-state index in [4.69, 9.17) is 4.74 Å². The van der Waals surface area contributed by atoms with E-state index in [1.807, 2.05) is 36.4 Å². The van der Waals surface area contributed by atoms with E-state index in [-0.39, 0.29) is 12.6 Å². The number of nitrogens with one attached hydrogen (secondary N) is 1. The quantitative estimate of drug-likeness (QED) is 0.847. The van der Waals surface area contributed by atoms with Crippen LogP contribution in [0.3, 0.4) is 0 Å². The highest BCUT2D eigenvalue weighted by molar-refractivity contribution is 5.48. The molecule has 0 radical (unpaired) electrons. The van der Waals surface area contributed by atoms with Crippen LogP contribution in [0.25, 0.3) is 0 Å². The minimum atomic E-state index is -0.136. The van der Waals surface area contributed by atoms with Crippen LogP contribution in [0, 0.1) is 6.92 Å². The largest absolute Gasteiger partial charge is 0.394 e. The first-order valence-electron chi connectivity index (χ1n) is 6.75. The van der Waals surface area contributed by atoms with Crippen LogP contribution in [0.2, 0.25) is 0 Å². The van der Waals surface area contributed by atoms with Gasteiger partial charge in [0.1, 0.15) is 0 Å². The van der Waals surface area contributed by atoms with Gasteiger partial charge in [-0.05, 0) is 35.7 Å². The summed E-state index contributed by atoms with van der Waals surface area (Å²) in [6.07, 6.45) is 0. The number of methoxy groups -OCH3 is 1. The second kappa shape index (κ2) is 7.08. The standard InChI is InChI=1S/C17H21NO2/c1-13-6-5-8-15(10-13)18-17(11-19)16-9-4-3-7-14(16)12-20-2/h3-10,17-19H,11-12H2,1-2H3. The second-order valence-electron chi connectivity index (χ2n) is 4.88. The molecule has 3 heteroatoms. The third-order valence-electron chi connectivity index (χ3n) is 3.27. The van der Waals surface area contributed by atoms with Crippen LogP contribution in [-0.2, 0) is 11.3 Å². The van der Waals surface area contributed by atoms with Crippen LogP contribution in [0.15, 0.2) is 48.5 Å². The van der Waals surface area contributed by atoms with Gasteiger partial charge in [-0.3, -0.25) is 0 Å². The van der Waals surface area contributed by atoms with Gasteiger partial charge in [0, 0.05) is 12.8 Å². The molecule has 0 bridgehead atoms. The van der Waals surface area contributed by atoms with Crippen molar-refractivity contribution < 1.29 is 9.84 Å². The van der Waals surface area contributed by atoms with Gasteiger partial charge in [-0.1, -0.05) is 36.4 Å². The number of hydrogen-bond acceptors (Lipinski definition) is 3. The average molecular weight is 271 g/mol. The van der Waals surface area contributed by atoms with Crippen molar-refractivity contribution in [2.75, 3.05) is 19.0 Å². The van der Waals surface area contributed by atoms with Gasteiger partial charge in [0.05, 0.1) is 19.3 Å². The number of aliphatic hydroxyl groups excluding tert-OH is 1. The summed E-state index contributed by atoms with van der Waals surface area (Å²) in [6.45, 7) is 2.63. The molecule has 0 saturated carbocycles. The Morgan fingerprint density at radius 1 is 1.15 bits per heavy atom. The van der Waals surface area contributed by atoms with E-state index >= 15 is 0 Å². The molecule has 0 aliphatic rings. The molecule has 3 nitrogen and oxygen atoms in total. The molecule has 1 atom stereocenters. The Morgan fingerprint density at radius 3 is 2.65 bits per heavy atom. The van der Waals surface area contributed by atoms with Gasteiger partial charge < -0.3 is 15.2 Å². The summed E-state index contributed by atoms with van der Waals surface area (Å²) in [5, 5.41) is 13.1. The van der Waals surface area contributed by atoms with Crippen molar-refractivity contribution >= 4 is 5.69 Å². The lowest BCUT2D eigenvalue weighted by molar-refractivity contribution is 0.183. The number of anilines is 1. The smallest absolute Gasteiger partial charge is 0.0748 e. The maximum Gasteiger partial charge on any atom is 0.0748 e. The summed E-state index contributed by atoms with van der Waals surface area (Å²) in [5.74, 6) is 0. The van der Waals surface area contributed by atoms with Crippen molar-refractivity contribution in [3.05, 3.63) is 65.2 Å². The van der Waals surface area contributed by atoms with Gasteiger partial charge in [-0.2, -0.15) is 0 Å². The molecular formula is C17H21NO2. The van der Waals surface area contributed by atoms with Crippen molar-refractivity contribution in [1.29, 1.82) is 0 Å². The third-order valence-corrected chi connectivity index (χ3v) is 3.27. The highest BCUT2D eigenvalue weighted by atomic mass is 16.5. The van der Waals surface area contributed by atoms with Crippen LogP contribution >= 0.6 is 0 Å². The normalized spacial score (nSPS) is 12.2. The maximum absolute atomic E-state index is 9.70. The molecule has 0 amide bonds. The molecule has 2 aromatic rings. The molecular weight excluding hydrogens is 250 g/mol. The predicted molar refractivity (Wildman–Crippen MR) is 81.8 cm³/mol. The van der Waals surface area contributed by atoms with E-state index in [1.165, 1.54) is 5.56 Å². The second-order valence-corrected chi connectivity index (χ2v) is 4.88. The highest BCUT2D eigenvalue weighted by Crippen LogP contribution is 2.23. The summed E-state index contributed by atoms with van der Waals surface area (Å²) >= 11 is 0. The van der Waals surface area contributed by atoms with E-state index < -0.39 is 0 Å². The minimum Gasteiger partial charge on any atom is -0.394 e. The number of rotatable bonds is 6. The Kier molecular flexibility index (Phi) is 5.16. The molecule has 0 aliphatic heterocycles. The van der Waals surface area contributed by atoms with Gasteiger partial charge in [0.15, 0.2) is 0 Å². The summed E-state index contributed by atoms with van der Waals surface area (Å²) in [4.78, 5) is 0. The van der Waals surface area contributed by atoms with E-state index in [0.717, 1.165) is 16.8 Å². The summed E-state index contributed by atoms with van der Waals surface area (Å²) < 4.78 is 5.22. The Morgan fingerprint density at radius 2 is 1.95 bits per heavy atom. The third kappa shape index (κ3) is 3.59. The number of benzene rings is 2. The van der Waals surface area contributed by atoms with Crippen LogP contribution in [-0.4, -0.2) is 18.8 Å². The van der Waals surface area contributed by atoms with Gasteiger partial charge in [0.2, 0.25) is 0 Å². The number of ether oxygens (including phenoxy) is 1. The number of aryl methyl sites for hydroxylation is 1. The van der Waals surface area contributed by atoms with Crippen LogP contribution in [0.5, 0.6) is 0 Å². The average Bonchev–Trinajstić information content (AvgIpc) is 2.46. The topological polar surface area (TPSA) is 41.5 Å². The fraction of sp³-hybridized carbons (Fsp3) is 0.294. The molecule has 0 aliphatic carbocycles. The summed E-state index contributed by atoms with van der Waals surface area (Å²) in [6, 6.07) is 16.0. The van der Waals surface area contributed by atoms with E-state index in [9.17, 15) is 5.11 Å². The molecule has 0 heterocycles. The monoisotopic (exact) mass is 271 g/mol. The molecule has 0 spiro atoms. The van der Waals surface area contributed by atoms with E-state index in [2.05, 4.69) is 24.4 Å². The number of aliphatic hydroxyl groups is 1. The van der Waals surface area contributed by atoms with Gasteiger partial charge >= 0.3 is 0 Å². The van der Waals surface area contributed by atoms with Crippen molar-refractivity contribution in [3.8, 4) is 0 Å².